The fourth-order valence-electron chi connectivity index (χ4n) is 3.14. The van der Waals surface area contributed by atoms with Crippen molar-refractivity contribution in [3.05, 3.63) is 70.3 Å². The molecule has 2 N–H and O–H groups in total. The summed E-state index contributed by atoms with van der Waals surface area (Å²) in [5.41, 5.74) is 2.68. The van der Waals surface area contributed by atoms with Crippen LogP contribution in [0.25, 0.3) is 16.6 Å². The molecule has 7 heteroatoms. The number of aliphatic carboxylic acids is 1. The second-order valence-electron chi connectivity index (χ2n) is 6.60. The van der Waals surface area contributed by atoms with Crippen LogP contribution in [0.2, 0.25) is 0 Å². The number of hydrogen-bond acceptors (Lipinski definition) is 4. The molecule has 1 aliphatic rings. The molecule has 1 aromatic heterocycles. The van der Waals surface area contributed by atoms with Crippen molar-refractivity contribution in [2.24, 2.45) is 0 Å². The summed E-state index contributed by atoms with van der Waals surface area (Å²) in [5.74, 6) is -0.402. The number of aryl methyl sites for hydroxylation is 2. The summed E-state index contributed by atoms with van der Waals surface area (Å²) in [6, 6.07) is 14.6. The molecular weight excluding hydrogens is 358 g/mol. The first-order valence-corrected chi connectivity index (χ1v) is 8.95. The van der Waals surface area contributed by atoms with Crippen molar-refractivity contribution in [2.45, 2.75) is 32.7 Å². The van der Waals surface area contributed by atoms with Crippen LogP contribution < -0.4 is 10.9 Å². The van der Waals surface area contributed by atoms with E-state index in [-0.39, 0.29) is 11.5 Å². The summed E-state index contributed by atoms with van der Waals surface area (Å²) in [4.78, 5) is 37.7. The lowest BCUT2D eigenvalue weighted by Crippen LogP contribution is -2.32. The summed E-state index contributed by atoms with van der Waals surface area (Å²) >= 11 is 0. The van der Waals surface area contributed by atoms with Gasteiger partial charge in [-0.2, -0.15) is 0 Å². The molecular formula is C21H21N3O4. The number of nitrogens with one attached hydrogen (secondary N) is 1. The molecule has 1 atom stereocenters. The molecule has 1 amide bonds. The number of carbonyl (C=O) groups excluding carboxylic acids is 1. The smallest absolute Gasteiger partial charge is 0.326 e. The van der Waals surface area contributed by atoms with E-state index < -0.39 is 12.0 Å². The number of rotatable bonds is 2. The van der Waals surface area contributed by atoms with Crippen molar-refractivity contribution in [1.82, 2.24) is 14.9 Å². The zero-order valence-corrected chi connectivity index (χ0v) is 15.7. The summed E-state index contributed by atoms with van der Waals surface area (Å²) < 4.78 is 1.68. The topological polar surface area (TPSA) is 101 Å². The van der Waals surface area contributed by atoms with E-state index in [2.05, 4.69) is 10.3 Å². The molecule has 3 aromatic rings. The van der Waals surface area contributed by atoms with Gasteiger partial charge < -0.3 is 10.4 Å². The molecule has 7 nitrogen and oxygen atoms in total. The fraction of sp³-hybridized carbons (Fsp3) is 0.238. The van der Waals surface area contributed by atoms with Gasteiger partial charge in [-0.25, -0.2) is 9.78 Å². The van der Waals surface area contributed by atoms with Crippen LogP contribution in [-0.4, -0.2) is 32.6 Å². The van der Waals surface area contributed by atoms with Crippen LogP contribution >= 0.6 is 0 Å². The van der Waals surface area contributed by atoms with Crippen molar-refractivity contribution in [3.8, 4) is 5.69 Å². The van der Waals surface area contributed by atoms with Gasteiger partial charge in [-0.1, -0.05) is 30.3 Å². The zero-order chi connectivity index (χ0) is 20.3. The molecule has 1 saturated heterocycles. The fourth-order valence-corrected chi connectivity index (χ4v) is 3.14. The minimum absolute atomic E-state index is 0.0163. The highest BCUT2D eigenvalue weighted by Gasteiger charge is 2.26. The Bertz CT molecular complexity index is 1100. The number of fused-ring (bicyclic) bond motifs is 1. The Hall–Kier alpha value is -3.48. The lowest BCUT2D eigenvalue weighted by molar-refractivity contribution is -0.140. The third-order valence-corrected chi connectivity index (χ3v) is 4.59. The van der Waals surface area contributed by atoms with Crippen LogP contribution in [-0.2, 0) is 9.59 Å². The van der Waals surface area contributed by atoms with E-state index in [0.717, 1.165) is 16.8 Å². The number of nitrogens with zero attached hydrogens (tertiary/aromatic N) is 2. The normalized spacial score (nSPS) is 15.6. The largest absolute Gasteiger partial charge is 0.480 e. The minimum atomic E-state index is -0.944. The predicted octanol–water partition coefficient (Wildman–Crippen LogP) is 2.35. The molecule has 0 radical (unpaired) electrons. The first-order chi connectivity index (χ1) is 13.4. The standard InChI is InChI=1S/C16H14N2O.C5H7NO3/c1-11-7-3-6-10-15(11)18-12(2)17-14-9-5-4-8-13(14)16(18)19;7-4-2-1-3(6-4)5(8)9/h3-10H,1-2H3;3H,1-2H2,(H,6,7)(H,8,9)/t;3-/m.0/s1. The molecule has 0 unspecified atom stereocenters. The van der Waals surface area contributed by atoms with Gasteiger partial charge in [0.1, 0.15) is 11.9 Å². The van der Waals surface area contributed by atoms with Gasteiger partial charge in [-0.3, -0.25) is 14.2 Å². The first kappa shape index (κ1) is 19.3. The molecule has 0 aliphatic carbocycles. The van der Waals surface area contributed by atoms with Crippen molar-refractivity contribution < 1.29 is 14.7 Å². The van der Waals surface area contributed by atoms with Crippen LogP contribution in [0, 0.1) is 13.8 Å². The monoisotopic (exact) mass is 379 g/mol. The highest BCUT2D eigenvalue weighted by Crippen LogP contribution is 2.15. The Kier molecular flexibility index (Phi) is 5.54. The minimum Gasteiger partial charge on any atom is -0.480 e. The van der Waals surface area contributed by atoms with E-state index in [0.29, 0.717) is 24.1 Å². The zero-order valence-electron chi connectivity index (χ0n) is 15.7. The second kappa shape index (κ2) is 8.04. The van der Waals surface area contributed by atoms with E-state index in [1.807, 2.05) is 62.4 Å². The quantitative estimate of drug-likeness (QED) is 0.712. The molecule has 1 fully saturated rings. The Morgan fingerprint density at radius 1 is 1.11 bits per heavy atom. The average molecular weight is 379 g/mol. The average Bonchev–Trinajstić information content (AvgIpc) is 3.11. The van der Waals surface area contributed by atoms with Gasteiger partial charge in [-0.15, -0.1) is 0 Å². The Balaban J connectivity index is 0.000000211. The number of carbonyl (C=O) groups is 2. The van der Waals surface area contributed by atoms with Gasteiger partial charge in [0.05, 0.1) is 16.6 Å². The number of aromatic nitrogens is 2. The molecule has 2 heterocycles. The third-order valence-electron chi connectivity index (χ3n) is 4.59. The van der Waals surface area contributed by atoms with Crippen LogP contribution in [0.3, 0.4) is 0 Å². The van der Waals surface area contributed by atoms with E-state index in [4.69, 9.17) is 5.11 Å². The lowest BCUT2D eigenvalue weighted by atomic mass is 10.2. The highest BCUT2D eigenvalue weighted by molar-refractivity contribution is 5.87. The number of benzene rings is 2. The van der Waals surface area contributed by atoms with Crippen molar-refractivity contribution in [2.75, 3.05) is 0 Å². The van der Waals surface area contributed by atoms with Gasteiger partial charge in [0, 0.05) is 6.42 Å². The number of carboxylic acid groups (broad SMARTS) is 1. The SMILES string of the molecule is Cc1ccccc1-n1c(C)nc2ccccc2c1=O.O=C1CC[C@@H](C(=O)O)N1. The summed E-state index contributed by atoms with van der Waals surface area (Å²) in [6.45, 7) is 3.86. The molecule has 0 saturated carbocycles. The van der Waals surface area contributed by atoms with Crippen molar-refractivity contribution >= 4 is 22.8 Å². The molecule has 0 spiro atoms. The van der Waals surface area contributed by atoms with E-state index in [1.165, 1.54) is 0 Å². The second-order valence-corrected chi connectivity index (χ2v) is 6.60. The maximum absolute atomic E-state index is 12.6. The van der Waals surface area contributed by atoms with Crippen LogP contribution in [0.1, 0.15) is 24.2 Å². The maximum Gasteiger partial charge on any atom is 0.326 e. The van der Waals surface area contributed by atoms with Crippen LogP contribution in [0.4, 0.5) is 0 Å². The first-order valence-electron chi connectivity index (χ1n) is 8.95. The van der Waals surface area contributed by atoms with Crippen molar-refractivity contribution in [3.63, 3.8) is 0 Å². The van der Waals surface area contributed by atoms with Gasteiger partial charge in [-0.05, 0) is 44.0 Å². The molecule has 0 bridgehead atoms. The maximum atomic E-state index is 12.6. The lowest BCUT2D eigenvalue weighted by Gasteiger charge is -2.12. The van der Waals surface area contributed by atoms with Crippen LogP contribution in [0.15, 0.2) is 53.3 Å². The molecule has 4 rings (SSSR count). The van der Waals surface area contributed by atoms with E-state index in [1.54, 1.807) is 4.57 Å². The molecule has 28 heavy (non-hydrogen) atoms. The van der Waals surface area contributed by atoms with E-state index in [9.17, 15) is 14.4 Å². The van der Waals surface area contributed by atoms with Gasteiger partial charge in [0.2, 0.25) is 5.91 Å². The summed E-state index contributed by atoms with van der Waals surface area (Å²) in [7, 11) is 0. The molecule has 144 valence electrons. The summed E-state index contributed by atoms with van der Waals surface area (Å²) in [6.07, 6.45) is 0.769. The van der Waals surface area contributed by atoms with Crippen molar-refractivity contribution in [1.29, 1.82) is 0 Å². The third kappa shape index (κ3) is 3.93. The van der Waals surface area contributed by atoms with Gasteiger partial charge in [0.25, 0.3) is 5.56 Å². The number of para-hydroxylation sites is 2. The molecule has 1 aliphatic heterocycles. The van der Waals surface area contributed by atoms with E-state index >= 15 is 0 Å². The molecule has 2 aromatic carbocycles. The van der Waals surface area contributed by atoms with Gasteiger partial charge in [0.15, 0.2) is 0 Å². The van der Waals surface area contributed by atoms with Gasteiger partial charge >= 0.3 is 5.97 Å². The number of carboxylic acids is 1. The Labute approximate surface area is 161 Å². The predicted molar refractivity (Wildman–Crippen MR) is 106 cm³/mol. The van der Waals surface area contributed by atoms with Crippen LogP contribution in [0.5, 0.6) is 0 Å². The Morgan fingerprint density at radius 3 is 2.39 bits per heavy atom. The highest BCUT2D eigenvalue weighted by atomic mass is 16.4. The summed E-state index contributed by atoms with van der Waals surface area (Å²) in [5, 5.41) is 11.3. The Morgan fingerprint density at radius 2 is 1.79 bits per heavy atom. The number of hydrogen-bond donors (Lipinski definition) is 2. The number of amides is 1.